The first-order chi connectivity index (χ1) is 6.56. The Balaban J connectivity index is 2.29. The Morgan fingerprint density at radius 1 is 1.50 bits per heavy atom. The Hall–Kier alpha value is -0.410. The van der Waals surface area contributed by atoms with Crippen LogP contribution in [-0.4, -0.2) is 44.0 Å². The Morgan fingerprint density at radius 2 is 2.21 bits per heavy atom. The molecule has 0 spiro atoms. The molecule has 3 heteroatoms. The molecule has 0 bridgehead atoms. The summed E-state index contributed by atoms with van der Waals surface area (Å²) in [6, 6.07) is 0. The lowest BCUT2D eigenvalue weighted by molar-refractivity contribution is -0.131. The summed E-state index contributed by atoms with van der Waals surface area (Å²) in [4.78, 5) is 13.9. The summed E-state index contributed by atoms with van der Waals surface area (Å²) in [6.07, 6.45) is 2.00. The number of piperidine rings is 1. The van der Waals surface area contributed by atoms with E-state index in [9.17, 15) is 4.79 Å². The number of carbonyl (C=O) groups is 1. The van der Waals surface area contributed by atoms with Crippen molar-refractivity contribution in [2.75, 3.05) is 33.4 Å². The van der Waals surface area contributed by atoms with Crippen LogP contribution in [0.2, 0.25) is 0 Å². The van der Waals surface area contributed by atoms with Gasteiger partial charge in [-0.15, -0.1) is 0 Å². The van der Waals surface area contributed by atoms with Gasteiger partial charge in [0.2, 0.25) is 0 Å². The van der Waals surface area contributed by atoms with Crippen LogP contribution in [-0.2, 0) is 9.53 Å². The van der Waals surface area contributed by atoms with E-state index in [1.54, 1.807) is 7.11 Å². The Bertz CT molecular complexity index is 201. The molecule has 0 saturated carbocycles. The minimum absolute atomic E-state index is 0.0994. The third-order valence-corrected chi connectivity index (χ3v) is 3.00. The number of hydrogen-bond acceptors (Lipinski definition) is 3. The van der Waals surface area contributed by atoms with Gasteiger partial charge in [0, 0.05) is 25.7 Å². The first-order valence-electron chi connectivity index (χ1n) is 5.31. The van der Waals surface area contributed by atoms with E-state index in [1.165, 1.54) is 0 Å². The van der Waals surface area contributed by atoms with Crippen LogP contribution in [0.15, 0.2) is 0 Å². The lowest BCUT2D eigenvalue weighted by Gasteiger charge is -2.35. The minimum atomic E-state index is -0.0994. The average molecular weight is 199 g/mol. The van der Waals surface area contributed by atoms with Gasteiger partial charge in [-0.1, -0.05) is 13.8 Å². The van der Waals surface area contributed by atoms with Gasteiger partial charge in [-0.25, -0.2) is 0 Å². The van der Waals surface area contributed by atoms with Crippen LogP contribution in [0.25, 0.3) is 0 Å². The Labute approximate surface area is 86.4 Å². The van der Waals surface area contributed by atoms with E-state index < -0.39 is 0 Å². The van der Waals surface area contributed by atoms with E-state index in [0.29, 0.717) is 12.3 Å². The summed E-state index contributed by atoms with van der Waals surface area (Å²) >= 11 is 0. The van der Waals surface area contributed by atoms with Gasteiger partial charge in [-0.05, 0) is 19.4 Å². The SMILES string of the molecule is COCCCN1CCC(C)(C)C(=O)C1. The van der Waals surface area contributed by atoms with Crippen molar-refractivity contribution in [3.63, 3.8) is 0 Å². The highest BCUT2D eigenvalue weighted by Crippen LogP contribution is 2.26. The van der Waals surface area contributed by atoms with Gasteiger partial charge >= 0.3 is 0 Å². The molecule has 1 aliphatic rings. The van der Waals surface area contributed by atoms with Gasteiger partial charge in [0.05, 0.1) is 6.54 Å². The number of ketones is 1. The Morgan fingerprint density at radius 3 is 2.79 bits per heavy atom. The molecule has 1 rings (SSSR count). The molecule has 0 aromatic rings. The monoisotopic (exact) mass is 199 g/mol. The van der Waals surface area contributed by atoms with Gasteiger partial charge in [-0.2, -0.15) is 0 Å². The number of likely N-dealkylation sites (tertiary alicyclic amines) is 1. The summed E-state index contributed by atoms with van der Waals surface area (Å²) in [7, 11) is 1.71. The van der Waals surface area contributed by atoms with Crippen LogP contribution in [0.5, 0.6) is 0 Å². The minimum Gasteiger partial charge on any atom is -0.385 e. The molecule has 1 heterocycles. The summed E-state index contributed by atoms with van der Waals surface area (Å²) in [5, 5.41) is 0. The second kappa shape index (κ2) is 4.89. The zero-order valence-corrected chi connectivity index (χ0v) is 9.51. The number of nitrogens with zero attached hydrogens (tertiary/aromatic N) is 1. The number of methoxy groups -OCH3 is 1. The molecular formula is C11H21NO2. The van der Waals surface area contributed by atoms with Crippen LogP contribution >= 0.6 is 0 Å². The standard InChI is InChI=1S/C11H21NO2/c1-11(2)5-7-12(9-10(11)13)6-4-8-14-3/h4-9H2,1-3H3. The van der Waals surface area contributed by atoms with E-state index in [-0.39, 0.29) is 5.41 Å². The van der Waals surface area contributed by atoms with Crippen molar-refractivity contribution in [2.45, 2.75) is 26.7 Å². The van der Waals surface area contributed by atoms with Crippen molar-refractivity contribution in [1.82, 2.24) is 4.90 Å². The molecule has 0 aromatic heterocycles. The predicted molar refractivity (Wildman–Crippen MR) is 56.3 cm³/mol. The zero-order chi connectivity index (χ0) is 10.6. The molecule has 3 nitrogen and oxygen atoms in total. The maximum absolute atomic E-state index is 11.7. The highest BCUT2D eigenvalue weighted by Gasteiger charge is 2.33. The third-order valence-electron chi connectivity index (χ3n) is 3.00. The highest BCUT2D eigenvalue weighted by atomic mass is 16.5. The van der Waals surface area contributed by atoms with Crippen LogP contribution in [0.1, 0.15) is 26.7 Å². The lowest BCUT2D eigenvalue weighted by Crippen LogP contribution is -2.45. The highest BCUT2D eigenvalue weighted by molar-refractivity contribution is 5.86. The molecule has 0 amide bonds. The number of carbonyl (C=O) groups excluding carboxylic acids is 1. The van der Waals surface area contributed by atoms with Crippen molar-refractivity contribution < 1.29 is 9.53 Å². The molecule has 0 unspecified atom stereocenters. The van der Waals surface area contributed by atoms with E-state index in [0.717, 1.165) is 32.5 Å². The van der Waals surface area contributed by atoms with Crippen molar-refractivity contribution in [3.05, 3.63) is 0 Å². The van der Waals surface area contributed by atoms with E-state index in [4.69, 9.17) is 4.74 Å². The second-order valence-corrected chi connectivity index (χ2v) is 4.68. The number of rotatable bonds is 4. The predicted octanol–water partition coefficient (Wildman–Crippen LogP) is 1.32. The first-order valence-corrected chi connectivity index (χ1v) is 5.31. The van der Waals surface area contributed by atoms with Crippen molar-refractivity contribution >= 4 is 5.78 Å². The fourth-order valence-electron chi connectivity index (χ4n) is 1.70. The van der Waals surface area contributed by atoms with Crippen LogP contribution in [0, 0.1) is 5.41 Å². The number of hydrogen-bond donors (Lipinski definition) is 0. The maximum Gasteiger partial charge on any atom is 0.152 e. The largest absolute Gasteiger partial charge is 0.385 e. The van der Waals surface area contributed by atoms with Crippen LogP contribution < -0.4 is 0 Å². The molecule has 0 atom stereocenters. The lowest BCUT2D eigenvalue weighted by atomic mass is 9.81. The van der Waals surface area contributed by atoms with Crippen molar-refractivity contribution in [2.24, 2.45) is 5.41 Å². The van der Waals surface area contributed by atoms with E-state index >= 15 is 0 Å². The average Bonchev–Trinajstić information content (AvgIpc) is 2.12. The molecule has 0 N–H and O–H groups in total. The molecule has 82 valence electrons. The van der Waals surface area contributed by atoms with Gasteiger partial charge in [0.15, 0.2) is 5.78 Å². The maximum atomic E-state index is 11.7. The molecule has 0 radical (unpaired) electrons. The summed E-state index contributed by atoms with van der Waals surface area (Å²) in [5.41, 5.74) is -0.0994. The molecular weight excluding hydrogens is 178 g/mol. The summed E-state index contributed by atoms with van der Waals surface area (Å²) in [5.74, 6) is 0.376. The third kappa shape index (κ3) is 3.07. The normalized spacial score (nSPS) is 22.6. The van der Waals surface area contributed by atoms with E-state index in [1.807, 2.05) is 13.8 Å². The van der Waals surface area contributed by atoms with Gasteiger partial charge < -0.3 is 4.74 Å². The van der Waals surface area contributed by atoms with Gasteiger partial charge in [0.1, 0.15) is 0 Å². The van der Waals surface area contributed by atoms with Crippen LogP contribution in [0.4, 0.5) is 0 Å². The zero-order valence-electron chi connectivity index (χ0n) is 9.51. The van der Waals surface area contributed by atoms with Crippen molar-refractivity contribution in [3.8, 4) is 0 Å². The molecule has 1 aliphatic heterocycles. The van der Waals surface area contributed by atoms with Gasteiger partial charge in [0.25, 0.3) is 0 Å². The first kappa shape index (κ1) is 11.7. The topological polar surface area (TPSA) is 29.5 Å². The van der Waals surface area contributed by atoms with Crippen molar-refractivity contribution in [1.29, 1.82) is 0 Å². The molecule has 0 aromatic carbocycles. The number of Topliss-reactive ketones (excluding diaryl/α,β-unsaturated/α-hetero) is 1. The molecule has 0 aliphatic carbocycles. The molecule has 14 heavy (non-hydrogen) atoms. The van der Waals surface area contributed by atoms with Gasteiger partial charge in [-0.3, -0.25) is 9.69 Å². The second-order valence-electron chi connectivity index (χ2n) is 4.68. The Kier molecular flexibility index (Phi) is 4.08. The fourth-order valence-corrected chi connectivity index (χ4v) is 1.70. The smallest absolute Gasteiger partial charge is 0.152 e. The number of ether oxygens (including phenoxy) is 1. The molecule has 1 fully saturated rings. The fraction of sp³-hybridized carbons (Fsp3) is 0.909. The summed E-state index contributed by atoms with van der Waals surface area (Å²) in [6.45, 7) is 7.52. The van der Waals surface area contributed by atoms with E-state index in [2.05, 4.69) is 4.90 Å². The molecule has 1 saturated heterocycles. The van der Waals surface area contributed by atoms with Crippen LogP contribution in [0.3, 0.4) is 0 Å². The quantitative estimate of drug-likeness (QED) is 0.640. The summed E-state index contributed by atoms with van der Waals surface area (Å²) < 4.78 is 4.99.